The van der Waals surface area contributed by atoms with Gasteiger partial charge in [-0.2, -0.15) is 0 Å². The third kappa shape index (κ3) is 4.37. The quantitative estimate of drug-likeness (QED) is 0.827. The van der Waals surface area contributed by atoms with Crippen molar-refractivity contribution in [3.8, 4) is 0 Å². The molecule has 1 aromatic rings. The molecule has 3 atom stereocenters. The molecule has 2 aliphatic rings. The van der Waals surface area contributed by atoms with E-state index >= 15 is 0 Å². The highest BCUT2D eigenvalue weighted by atomic mass is 19.1. The van der Waals surface area contributed by atoms with Crippen molar-refractivity contribution in [3.63, 3.8) is 0 Å². The molecule has 2 fully saturated rings. The summed E-state index contributed by atoms with van der Waals surface area (Å²) in [6.07, 6.45) is 5.60. The highest BCUT2D eigenvalue weighted by Gasteiger charge is 2.45. The molecular formula is C19H25FN2O3. The number of carboxylic acid groups (broad SMARTS) is 1. The maximum absolute atomic E-state index is 12.9. The highest BCUT2D eigenvalue weighted by Crippen LogP contribution is 2.39. The molecule has 1 amide bonds. The molecule has 1 heterocycles. The summed E-state index contributed by atoms with van der Waals surface area (Å²) in [4.78, 5) is 25.7. The number of carboxylic acids is 1. The van der Waals surface area contributed by atoms with Gasteiger partial charge in [0.1, 0.15) is 11.9 Å². The molecule has 1 aliphatic carbocycles. The number of nitrogens with zero attached hydrogens (tertiary/aromatic N) is 1. The number of aliphatic carboxylic acids is 1. The lowest BCUT2D eigenvalue weighted by molar-refractivity contribution is -0.143. The van der Waals surface area contributed by atoms with Crippen molar-refractivity contribution in [1.82, 2.24) is 10.2 Å². The zero-order valence-corrected chi connectivity index (χ0v) is 14.3. The number of hydrogen-bond acceptors (Lipinski definition) is 3. The number of hydrogen-bond donors (Lipinski definition) is 2. The third-order valence-electron chi connectivity index (χ3n) is 5.48. The van der Waals surface area contributed by atoms with E-state index in [1.54, 1.807) is 12.1 Å². The first-order valence-corrected chi connectivity index (χ1v) is 9.04. The minimum atomic E-state index is -0.825. The second-order valence-corrected chi connectivity index (χ2v) is 7.10. The maximum atomic E-state index is 12.9. The van der Waals surface area contributed by atoms with Gasteiger partial charge in [-0.05, 0) is 49.3 Å². The van der Waals surface area contributed by atoms with Gasteiger partial charge < -0.3 is 10.4 Å². The molecule has 0 radical (unpaired) electrons. The number of carbonyl (C=O) groups excluding carboxylic acids is 1. The Bertz CT molecular complexity index is 620. The topological polar surface area (TPSA) is 69.6 Å². The first-order valence-electron chi connectivity index (χ1n) is 9.04. The Morgan fingerprint density at radius 2 is 1.92 bits per heavy atom. The van der Waals surface area contributed by atoms with Gasteiger partial charge in [-0.15, -0.1) is 0 Å². The van der Waals surface area contributed by atoms with Gasteiger partial charge in [0.2, 0.25) is 5.91 Å². The van der Waals surface area contributed by atoms with Gasteiger partial charge in [0.25, 0.3) is 0 Å². The summed E-state index contributed by atoms with van der Waals surface area (Å²) in [5.74, 6) is -0.835. The summed E-state index contributed by atoms with van der Waals surface area (Å²) in [5, 5.41) is 12.3. The fourth-order valence-electron chi connectivity index (χ4n) is 4.24. The van der Waals surface area contributed by atoms with E-state index in [-0.39, 0.29) is 24.3 Å². The molecule has 1 aliphatic heterocycles. The summed E-state index contributed by atoms with van der Waals surface area (Å²) in [6.45, 7) is 0.603. The van der Waals surface area contributed by atoms with E-state index in [4.69, 9.17) is 0 Å². The van der Waals surface area contributed by atoms with E-state index < -0.39 is 12.0 Å². The zero-order valence-electron chi connectivity index (χ0n) is 14.3. The van der Waals surface area contributed by atoms with Crippen molar-refractivity contribution in [3.05, 3.63) is 35.6 Å². The molecule has 0 unspecified atom stereocenters. The average molecular weight is 348 g/mol. The number of nitrogens with one attached hydrogen (secondary N) is 1. The summed E-state index contributed by atoms with van der Waals surface area (Å²) >= 11 is 0. The smallest absolute Gasteiger partial charge is 0.320 e. The molecule has 136 valence electrons. The van der Waals surface area contributed by atoms with Crippen molar-refractivity contribution < 1.29 is 19.1 Å². The first-order chi connectivity index (χ1) is 12.0. The van der Waals surface area contributed by atoms with Gasteiger partial charge in [0.15, 0.2) is 0 Å². The Balaban J connectivity index is 1.51. The Kier molecular flexibility index (Phi) is 5.68. The lowest BCUT2D eigenvalue weighted by atomic mass is 9.85. The van der Waals surface area contributed by atoms with E-state index in [1.165, 1.54) is 12.1 Å². The number of carbonyl (C=O) groups is 2. The Labute approximate surface area is 147 Å². The van der Waals surface area contributed by atoms with E-state index in [1.807, 2.05) is 4.90 Å². The number of likely N-dealkylation sites (tertiary alicyclic amines) is 1. The molecular weight excluding hydrogens is 323 g/mol. The van der Waals surface area contributed by atoms with Crippen LogP contribution >= 0.6 is 0 Å². The molecule has 2 N–H and O–H groups in total. The van der Waals surface area contributed by atoms with Crippen LogP contribution in [0.25, 0.3) is 0 Å². The van der Waals surface area contributed by atoms with Crippen molar-refractivity contribution in [2.24, 2.45) is 5.92 Å². The Hall–Kier alpha value is -1.95. The van der Waals surface area contributed by atoms with Crippen molar-refractivity contribution in [1.29, 1.82) is 0 Å². The van der Waals surface area contributed by atoms with Crippen LogP contribution in [0.5, 0.6) is 0 Å². The van der Waals surface area contributed by atoms with Crippen LogP contribution in [0.2, 0.25) is 0 Å². The number of benzene rings is 1. The second kappa shape index (κ2) is 7.95. The molecule has 1 aromatic carbocycles. The molecule has 0 bridgehead atoms. The van der Waals surface area contributed by atoms with Crippen molar-refractivity contribution in [2.45, 2.75) is 50.6 Å². The second-order valence-electron chi connectivity index (χ2n) is 7.10. The minimum Gasteiger partial charge on any atom is -0.480 e. The monoisotopic (exact) mass is 348 g/mol. The van der Waals surface area contributed by atoms with E-state index in [9.17, 15) is 19.1 Å². The number of halogens is 1. The highest BCUT2D eigenvalue weighted by molar-refractivity contribution is 5.80. The molecule has 1 saturated carbocycles. The minimum absolute atomic E-state index is 0.139. The van der Waals surface area contributed by atoms with Crippen molar-refractivity contribution in [2.75, 3.05) is 13.1 Å². The van der Waals surface area contributed by atoms with Crippen LogP contribution in [0.4, 0.5) is 4.39 Å². The van der Waals surface area contributed by atoms with Crippen LogP contribution in [0.3, 0.4) is 0 Å². The number of fused-ring (bicyclic) bond motifs is 1. The van der Waals surface area contributed by atoms with Gasteiger partial charge in [-0.1, -0.05) is 25.0 Å². The van der Waals surface area contributed by atoms with Crippen LogP contribution in [-0.2, 0) is 16.0 Å². The molecule has 0 aromatic heterocycles. The fourth-order valence-corrected chi connectivity index (χ4v) is 4.24. The van der Waals surface area contributed by atoms with Crippen LogP contribution in [0.1, 0.15) is 37.7 Å². The molecule has 1 saturated heterocycles. The van der Waals surface area contributed by atoms with Crippen LogP contribution in [0, 0.1) is 11.7 Å². The largest absolute Gasteiger partial charge is 0.480 e. The summed E-state index contributed by atoms with van der Waals surface area (Å²) in [7, 11) is 0. The molecule has 5 nitrogen and oxygen atoms in total. The predicted octanol–water partition coefficient (Wildman–Crippen LogP) is 2.20. The van der Waals surface area contributed by atoms with Gasteiger partial charge in [-0.3, -0.25) is 14.5 Å². The van der Waals surface area contributed by atoms with Crippen LogP contribution < -0.4 is 5.32 Å². The summed E-state index contributed by atoms with van der Waals surface area (Å²) < 4.78 is 12.9. The summed E-state index contributed by atoms with van der Waals surface area (Å²) in [5.41, 5.74) is 0.957. The van der Waals surface area contributed by atoms with Gasteiger partial charge in [0, 0.05) is 12.6 Å². The van der Waals surface area contributed by atoms with E-state index in [0.29, 0.717) is 25.3 Å². The predicted molar refractivity (Wildman–Crippen MR) is 91.6 cm³/mol. The number of amides is 1. The maximum Gasteiger partial charge on any atom is 0.320 e. The number of rotatable bonds is 6. The lowest BCUT2D eigenvalue weighted by Crippen LogP contribution is -2.47. The van der Waals surface area contributed by atoms with Crippen LogP contribution in [0.15, 0.2) is 24.3 Å². The van der Waals surface area contributed by atoms with Crippen molar-refractivity contribution >= 4 is 11.9 Å². The molecule has 0 spiro atoms. The van der Waals surface area contributed by atoms with Gasteiger partial charge >= 0.3 is 5.97 Å². The molecule has 25 heavy (non-hydrogen) atoms. The Morgan fingerprint density at radius 1 is 1.20 bits per heavy atom. The SMILES string of the molecule is O=C(CN1[C@@H]2CCCC[C@H]2C[C@H]1C(=O)O)NCCc1ccc(F)cc1. The average Bonchev–Trinajstić information content (AvgIpc) is 2.96. The third-order valence-corrected chi connectivity index (χ3v) is 5.48. The van der Waals surface area contributed by atoms with Gasteiger partial charge in [0.05, 0.1) is 6.54 Å². The normalized spacial score (nSPS) is 26.2. The van der Waals surface area contributed by atoms with Gasteiger partial charge in [-0.25, -0.2) is 4.39 Å². The zero-order chi connectivity index (χ0) is 17.8. The van der Waals surface area contributed by atoms with Crippen LogP contribution in [-0.4, -0.2) is 47.1 Å². The Morgan fingerprint density at radius 3 is 2.64 bits per heavy atom. The first kappa shape index (κ1) is 17.9. The van der Waals surface area contributed by atoms with E-state index in [0.717, 1.165) is 31.2 Å². The van der Waals surface area contributed by atoms with E-state index in [2.05, 4.69) is 5.32 Å². The standard InChI is InChI=1S/C19H25FN2O3/c20-15-7-5-13(6-8-15)9-10-21-18(23)12-22-16-4-2-1-3-14(16)11-17(22)19(24)25/h5-8,14,16-17H,1-4,9-12H2,(H,21,23)(H,24,25)/t14-,16+,17-/m0/s1. The fraction of sp³-hybridized carbons (Fsp3) is 0.579. The lowest BCUT2D eigenvalue weighted by Gasteiger charge is -2.32. The summed E-state index contributed by atoms with van der Waals surface area (Å²) in [6, 6.07) is 5.89. The molecule has 6 heteroatoms. The molecule has 3 rings (SSSR count).